The molecule has 1 aliphatic heterocycles. The second-order valence-electron chi connectivity index (χ2n) is 2.29. The van der Waals surface area contributed by atoms with Crippen LogP contribution in [0.15, 0.2) is 0 Å². The minimum absolute atomic E-state index is 0.750. The van der Waals surface area contributed by atoms with Crippen LogP contribution < -0.4 is 0 Å². The van der Waals surface area contributed by atoms with Gasteiger partial charge in [0, 0.05) is 14.1 Å². The van der Waals surface area contributed by atoms with Crippen molar-refractivity contribution < 1.29 is 14.3 Å². The van der Waals surface area contributed by atoms with Gasteiger partial charge in [0.05, 0.1) is 26.4 Å². The van der Waals surface area contributed by atoms with Gasteiger partial charge in [0.2, 0.25) is 6.41 Å². The molecule has 0 aromatic rings. The smallest absolute Gasteiger partial charge is 0.209 e. The normalized spacial score (nSPS) is 16.2. The average molecular weight is 161 g/mol. The van der Waals surface area contributed by atoms with E-state index in [4.69, 9.17) is 9.47 Å². The molecule has 1 heterocycles. The Balaban J connectivity index is 0.000000187. The number of amides is 1. The van der Waals surface area contributed by atoms with Crippen LogP contribution in [0.3, 0.4) is 0 Å². The lowest BCUT2D eigenvalue weighted by Gasteiger charge is -2.09. The second kappa shape index (κ2) is 7.50. The van der Waals surface area contributed by atoms with Crippen molar-refractivity contribution >= 4 is 6.41 Å². The number of rotatable bonds is 1. The van der Waals surface area contributed by atoms with Gasteiger partial charge in [-0.3, -0.25) is 4.79 Å². The molecule has 1 rings (SSSR count). The number of nitrogens with zero attached hydrogens (tertiary/aromatic N) is 1. The highest BCUT2D eigenvalue weighted by Crippen LogP contribution is 1.85. The Bertz CT molecular complexity index is 80.2. The van der Waals surface area contributed by atoms with E-state index in [1.54, 1.807) is 14.1 Å². The molecule has 4 heteroatoms. The molecule has 11 heavy (non-hydrogen) atoms. The summed E-state index contributed by atoms with van der Waals surface area (Å²) >= 11 is 0. The summed E-state index contributed by atoms with van der Waals surface area (Å²) in [5, 5.41) is 0. The predicted octanol–water partition coefficient (Wildman–Crippen LogP) is -0.262. The maximum absolute atomic E-state index is 9.43. The van der Waals surface area contributed by atoms with E-state index in [0.717, 1.165) is 32.8 Å². The van der Waals surface area contributed by atoms with Crippen molar-refractivity contribution in [3.05, 3.63) is 0 Å². The van der Waals surface area contributed by atoms with Gasteiger partial charge in [-0.2, -0.15) is 0 Å². The van der Waals surface area contributed by atoms with E-state index in [1.165, 1.54) is 4.90 Å². The number of ether oxygens (including phenoxy) is 2. The first-order valence-corrected chi connectivity index (χ1v) is 3.54. The van der Waals surface area contributed by atoms with Crippen LogP contribution in [0.5, 0.6) is 0 Å². The molecular weight excluding hydrogens is 146 g/mol. The molecule has 0 spiro atoms. The third-order valence-electron chi connectivity index (χ3n) is 0.955. The monoisotopic (exact) mass is 161 g/mol. The summed E-state index contributed by atoms with van der Waals surface area (Å²) < 4.78 is 9.89. The molecular formula is C7H15NO3. The molecule has 0 radical (unpaired) electrons. The van der Waals surface area contributed by atoms with E-state index in [9.17, 15) is 4.79 Å². The average Bonchev–Trinajstić information content (AvgIpc) is 2.09. The van der Waals surface area contributed by atoms with Crippen LogP contribution in [0.2, 0.25) is 0 Å². The molecule has 0 saturated carbocycles. The van der Waals surface area contributed by atoms with Gasteiger partial charge in [-0.05, 0) is 0 Å². The SMILES string of the molecule is C1COCCO1.CN(C)C=O. The summed E-state index contributed by atoms with van der Waals surface area (Å²) in [4.78, 5) is 10.9. The highest BCUT2D eigenvalue weighted by molar-refractivity contribution is 5.45. The van der Waals surface area contributed by atoms with Crippen molar-refractivity contribution in [2.45, 2.75) is 0 Å². The molecule has 1 fully saturated rings. The van der Waals surface area contributed by atoms with E-state index in [1.807, 2.05) is 0 Å². The summed E-state index contributed by atoms with van der Waals surface area (Å²) in [5.41, 5.74) is 0. The highest BCUT2D eigenvalue weighted by Gasteiger charge is 1.94. The van der Waals surface area contributed by atoms with Crippen LogP contribution in [0.25, 0.3) is 0 Å². The first-order valence-electron chi connectivity index (χ1n) is 3.54. The van der Waals surface area contributed by atoms with Crippen LogP contribution in [0.1, 0.15) is 0 Å². The van der Waals surface area contributed by atoms with Gasteiger partial charge in [0.1, 0.15) is 0 Å². The minimum atomic E-state index is 0.750. The van der Waals surface area contributed by atoms with E-state index < -0.39 is 0 Å². The summed E-state index contributed by atoms with van der Waals surface area (Å²) in [5.74, 6) is 0. The molecule has 66 valence electrons. The Morgan fingerprint density at radius 3 is 1.45 bits per heavy atom. The molecule has 1 aliphatic rings. The van der Waals surface area contributed by atoms with Crippen molar-refractivity contribution in [2.75, 3.05) is 40.5 Å². The zero-order valence-corrected chi connectivity index (χ0v) is 7.08. The van der Waals surface area contributed by atoms with Crippen molar-refractivity contribution in [1.82, 2.24) is 4.90 Å². The van der Waals surface area contributed by atoms with E-state index in [-0.39, 0.29) is 0 Å². The Kier molecular flexibility index (Phi) is 7.08. The van der Waals surface area contributed by atoms with Gasteiger partial charge in [0.25, 0.3) is 0 Å². The van der Waals surface area contributed by atoms with E-state index >= 15 is 0 Å². The number of hydrogen-bond donors (Lipinski definition) is 0. The fraction of sp³-hybridized carbons (Fsp3) is 0.857. The molecule has 0 unspecified atom stereocenters. The number of carbonyl (C=O) groups is 1. The summed E-state index contributed by atoms with van der Waals surface area (Å²) in [6.45, 7) is 3.11. The summed E-state index contributed by atoms with van der Waals surface area (Å²) in [6.07, 6.45) is 0.750. The molecule has 1 amide bonds. The molecule has 0 atom stereocenters. The Labute approximate surface area is 67.1 Å². The Morgan fingerprint density at radius 1 is 1.09 bits per heavy atom. The first kappa shape index (κ1) is 10.4. The maximum atomic E-state index is 9.43. The molecule has 0 aliphatic carbocycles. The fourth-order valence-electron chi connectivity index (χ4n) is 0.440. The highest BCUT2D eigenvalue weighted by atomic mass is 16.6. The minimum Gasteiger partial charge on any atom is -0.377 e. The van der Waals surface area contributed by atoms with Crippen molar-refractivity contribution in [3.8, 4) is 0 Å². The van der Waals surface area contributed by atoms with Crippen LogP contribution >= 0.6 is 0 Å². The first-order chi connectivity index (χ1) is 5.27. The quantitative estimate of drug-likeness (QED) is 0.497. The van der Waals surface area contributed by atoms with Gasteiger partial charge < -0.3 is 14.4 Å². The second-order valence-corrected chi connectivity index (χ2v) is 2.29. The zero-order chi connectivity index (χ0) is 8.53. The topological polar surface area (TPSA) is 38.8 Å². The molecule has 1 saturated heterocycles. The Morgan fingerprint density at radius 2 is 1.36 bits per heavy atom. The number of carbonyl (C=O) groups excluding carboxylic acids is 1. The lowest BCUT2D eigenvalue weighted by Crippen LogP contribution is -2.16. The van der Waals surface area contributed by atoms with Crippen LogP contribution in [-0.2, 0) is 14.3 Å². The van der Waals surface area contributed by atoms with Crippen molar-refractivity contribution in [1.29, 1.82) is 0 Å². The predicted molar refractivity (Wildman–Crippen MR) is 41.4 cm³/mol. The zero-order valence-electron chi connectivity index (χ0n) is 7.08. The molecule has 0 bridgehead atoms. The largest absolute Gasteiger partial charge is 0.377 e. The third kappa shape index (κ3) is 9.39. The molecule has 0 aromatic heterocycles. The van der Waals surface area contributed by atoms with Crippen LogP contribution in [0, 0.1) is 0 Å². The van der Waals surface area contributed by atoms with Gasteiger partial charge >= 0.3 is 0 Å². The van der Waals surface area contributed by atoms with Crippen molar-refractivity contribution in [2.24, 2.45) is 0 Å². The summed E-state index contributed by atoms with van der Waals surface area (Å²) in [7, 11) is 3.38. The van der Waals surface area contributed by atoms with E-state index in [0.29, 0.717) is 0 Å². The van der Waals surface area contributed by atoms with Gasteiger partial charge in [-0.1, -0.05) is 0 Å². The maximum Gasteiger partial charge on any atom is 0.209 e. The Hall–Kier alpha value is -0.610. The summed E-state index contributed by atoms with van der Waals surface area (Å²) in [6, 6.07) is 0. The van der Waals surface area contributed by atoms with E-state index in [2.05, 4.69) is 0 Å². The van der Waals surface area contributed by atoms with Gasteiger partial charge in [0.15, 0.2) is 0 Å². The standard InChI is InChI=1S/C4H8O2.C3H7NO/c1-2-6-4-3-5-1;1-4(2)3-5/h1-4H2;3H,1-2H3. The third-order valence-corrected chi connectivity index (χ3v) is 0.955. The van der Waals surface area contributed by atoms with Gasteiger partial charge in [-0.15, -0.1) is 0 Å². The van der Waals surface area contributed by atoms with Crippen LogP contribution in [0.4, 0.5) is 0 Å². The van der Waals surface area contributed by atoms with Crippen LogP contribution in [-0.4, -0.2) is 51.8 Å². The van der Waals surface area contributed by atoms with Gasteiger partial charge in [-0.25, -0.2) is 0 Å². The lowest BCUT2D eigenvalue weighted by atomic mass is 10.6. The number of hydrogen-bond acceptors (Lipinski definition) is 3. The fourth-order valence-corrected chi connectivity index (χ4v) is 0.440. The van der Waals surface area contributed by atoms with Crippen molar-refractivity contribution in [3.63, 3.8) is 0 Å². The molecule has 4 nitrogen and oxygen atoms in total. The molecule has 0 N–H and O–H groups in total. The lowest BCUT2D eigenvalue weighted by molar-refractivity contribution is -0.115. The molecule has 0 aromatic carbocycles.